The summed E-state index contributed by atoms with van der Waals surface area (Å²) >= 11 is 6.00. The lowest BCUT2D eigenvalue weighted by Crippen LogP contribution is -2.16. The zero-order valence-electron chi connectivity index (χ0n) is 16.3. The van der Waals surface area contributed by atoms with Crippen molar-refractivity contribution in [1.82, 2.24) is 9.97 Å². The molecule has 0 aromatic carbocycles. The van der Waals surface area contributed by atoms with Gasteiger partial charge in [0.25, 0.3) is 5.56 Å². The Labute approximate surface area is 172 Å². The number of aromatic amines is 1. The molecule has 2 N–H and O–H groups in total. The van der Waals surface area contributed by atoms with Crippen molar-refractivity contribution in [2.45, 2.75) is 33.6 Å². The first kappa shape index (κ1) is 22.1. The molecule has 2 aromatic rings. The van der Waals surface area contributed by atoms with E-state index in [0.29, 0.717) is 22.7 Å². The van der Waals surface area contributed by atoms with Crippen molar-refractivity contribution in [3.8, 4) is 6.07 Å². The summed E-state index contributed by atoms with van der Waals surface area (Å²) in [4.78, 5) is 30.5. The van der Waals surface area contributed by atoms with E-state index in [1.165, 1.54) is 31.5 Å². The minimum Gasteiger partial charge on any atom is -0.353 e. The number of Topliss-reactive ketones (excluding diaryl/α,β-unsaturated/α-hetero) is 1. The number of ketones is 1. The summed E-state index contributed by atoms with van der Waals surface area (Å²) < 4.78 is 14.3. The third kappa shape index (κ3) is 4.98. The summed E-state index contributed by atoms with van der Waals surface area (Å²) in [5.74, 6) is -0.668. The van der Waals surface area contributed by atoms with Crippen LogP contribution in [0.15, 0.2) is 46.3 Å². The molecule has 0 aliphatic heterocycles. The lowest BCUT2D eigenvalue weighted by atomic mass is 9.98. The van der Waals surface area contributed by atoms with Crippen molar-refractivity contribution >= 4 is 34.3 Å². The van der Waals surface area contributed by atoms with E-state index in [4.69, 9.17) is 11.6 Å². The summed E-state index contributed by atoms with van der Waals surface area (Å²) in [5, 5.41) is 12.7. The number of hydrogen-bond acceptors (Lipinski definition) is 5. The van der Waals surface area contributed by atoms with Crippen molar-refractivity contribution in [2.24, 2.45) is 0 Å². The topological polar surface area (TPSA) is 98.6 Å². The molecular weight excluding hydrogens is 395 g/mol. The normalized spacial score (nSPS) is 13.0. The lowest BCUT2D eigenvalue weighted by Gasteiger charge is -2.15. The van der Waals surface area contributed by atoms with E-state index in [9.17, 15) is 19.2 Å². The molecule has 2 aromatic heterocycles. The fraction of sp³-hybridized carbons (Fsp3) is 0.238. The van der Waals surface area contributed by atoms with E-state index < -0.39 is 11.4 Å². The molecule has 0 unspecified atom stereocenters. The number of anilines is 2. The second-order valence-electron chi connectivity index (χ2n) is 5.92. The third-order valence-electron chi connectivity index (χ3n) is 4.09. The van der Waals surface area contributed by atoms with Crippen LogP contribution in [-0.4, -0.2) is 15.8 Å². The summed E-state index contributed by atoms with van der Waals surface area (Å²) in [6, 6.07) is 4.83. The second kappa shape index (κ2) is 9.80. The number of allylic oxidation sites excluding steroid dienone is 4. The van der Waals surface area contributed by atoms with Gasteiger partial charge < -0.3 is 10.3 Å². The Balaban J connectivity index is 0.00000145. The van der Waals surface area contributed by atoms with E-state index >= 15 is 0 Å². The Kier molecular flexibility index (Phi) is 7.46. The molecule has 29 heavy (non-hydrogen) atoms. The first-order valence-electron chi connectivity index (χ1n) is 9.05. The Bertz CT molecular complexity index is 1100. The number of hydrogen-bond donors (Lipinski definition) is 2. The second-order valence-corrected chi connectivity index (χ2v) is 6.41. The first-order chi connectivity index (χ1) is 13.9. The number of carbonyl (C=O) groups excluding carboxylic acids is 1. The molecule has 150 valence electrons. The average molecular weight is 415 g/mol. The van der Waals surface area contributed by atoms with Gasteiger partial charge in [0.1, 0.15) is 17.6 Å². The van der Waals surface area contributed by atoms with Crippen molar-refractivity contribution in [1.29, 1.82) is 5.26 Å². The van der Waals surface area contributed by atoms with Gasteiger partial charge in [0.2, 0.25) is 0 Å². The van der Waals surface area contributed by atoms with Gasteiger partial charge in [0, 0.05) is 29.4 Å². The van der Waals surface area contributed by atoms with Crippen molar-refractivity contribution in [3.63, 3.8) is 0 Å². The number of H-pyrrole nitrogens is 1. The van der Waals surface area contributed by atoms with Gasteiger partial charge in [-0.25, -0.2) is 4.39 Å². The Morgan fingerprint density at radius 1 is 1.34 bits per heavy atom. The SMILES string of the molecule is CC.CC(=O)c1cnccc1Nc1cc(C2=C(F)CCC(Cl)=C2)c(=O)[nH]c1C#N. The minimum absolute atomic E-state index is 0.0399. The lowest BCUT2D eigenvalue weighted by molar-refractivity contribution is 0.101. The van der Waals surface area contributed by atoms with Crippen LogP contribution in [0.3, 0.4) is 0 Å². The molecule has 0 saturated heterocycles. The Morgan fingerprint density at radius 2 is 2.07 bits per heavy atom. The smallest absolute Gasteiger partial charge is 0.257 e. The summed E-state index contributed by atoms with van der Waals surface area (Å²) in [5.41, 5.74) is 0.454. The van der Waals surface area contributed by atoms with Crippen LogP contribution in [-0.2, 0) is 0 Å². The van der Waals surface area contributed by atoms with Crippen molar-refractivity contribution in [2.75, 3.05) is 5.32 Å². The van der Waals surface area contributed by atoms with Gasteiger partial charge in [0.15, 0.2) is 5.78 Å². The van der Waals surface area contributed by atoms with E-state index in [0.717, 1.165) is 0 Å². The molecule has 0 amide bonds. The van der Waals surface area contributed by atoms with Crippen LogP contribution in [0.2, 0.25) is 0 Å². The van der Waals surface area contributed by atoms with E-state index in [1.54, 1.807) is 6.07 Å². The van der Waals surface area contributed by atoms with E-state index in [2.05, 4.69) is 15.3 Å². The molecule has 0 bridgehead atoms. The maximum Gasteiger partial charge on any atom is 0.257 e. The minimum atomic E-state index is -0.605. The van der Waals surface area contributed by atoms with Crippen LogP contribution >= 0.6 is 11.6 Å². The van der Waals surface area contributed by atoms with Crippen LogP contribution < -0.4 is 10.9 Å². The predicted octanol–water partition coefficient (Wildman–Crippen LogP) is 5.21. The number of nitrogens with zero attached hydrogens (tertiary/aromatic N) is 2. The Morgan fingerprint density at radius 3 is 2.72 bits per heavy atom. The van der Waals surface area contributed by atoms with Crippen molar-refractivity contribution in [3.05, 3.63) is 68.6 Å². The molecule has 0 atom stereocenters. The van der Waals surface area contributed by atoms with E-state index in [1.807, 2.05) is 19.9 Å². The van der Waals surface area contributed by atoms with Gasteiger partial charge in [-0.2, -0.15) is 5.26 Å². The van der Waals surface area contributed by atoms with Gasteiger partial charge in [-0.1, -0.05) is 25.4 Å². The highest BCUT2D eigenvalue weighted by Crippen LogP contribution is 2.33. The van der Waals surface area contributed by atoms with Gasteiger partial charge in [-0.3, -0.25) is 14.6 Å². The predicted molar refractivity (Wildman–Crippen MR) is 112 cm³/mol. The molecule has 8 heteroatoms. The number of rotatable bonds is 4. The maximum absolute atomic E-state index is 14.3. The highest BCUT2D eigenvalue weighted by molar-refractivity contribution is 6.30. The zero-order chi connectivity index (χ0) is 21.6. The fourth-order valence-electron chi connectivity index (χ4n) is 2.74. The van der Waals surface area contributed by atoms with Gasteiger partial charge in [-0.15, -0.1) is 0 Å². The molecule has 0 fully saturated rings. The first-order valence-corrected chi connectivity index (χ1v) is 9.43. The van der Waals surface area contributed by atoms with Crippen LogP contribution in [0.4, 0.5) is 15.8 Å². The number of nitrogens with one attached hydrogen (secondary N) is 2. The molecule has 3 rings (SSSR count). The highest BCUT2D eigenvalue weighted by Gasteiger charge is 2.19. The quantitative estimate of drug-likeness (QED) is 0.669. The summed E-state index contributed by atoms with van der Waals surface area (Å²) in [6.45, 7) is 5.39. The molecular formula is C21H20ClFN4O2. The van der Waals surface area contributed by atoms with Crippen LogP contribution in [0.25, 0.3) is 5.57 Å². The van der Waals surface area contributed by atoms with Gasteiger partial charge in [0.05, 0.1) is 22.5 Å². The van der Waals surface area contributed by atoms with Crippen LogP contribution in [0.5, 0.6) is 0 Å². The van der Waals surface area contributed by atoms with Crippen LogP contribution in [0, 0.1) is 11.3 Å². The molecule has 0 saturated carbocycles. The average Bonchev–Trinajstić information content (AvgIpc) is 2.72. The third-order valence-corrected chi connectivity index (χ3v) is 4.39. The molecule has 1 aliphatic rings. The highest BCUT2D eigenvalue weighted by atomic mass is 35.5. The monoisotopic (exact) mass is 414 g/mol. The molecule has 6 nitrogen and oxygen atoms in total. The fourth-order valence-corrected chi connectivity index (χ4v) is 2.94. The van der Waals surface area contributed by atoms with E-state index in [-0.39, 0.29) is 34.7 Å². The van der Waals surface area contributed by atoms with Crippen LogP contribution in [0.1, 0.15) is 55.2 Å². The standard InChI is InChI=1S/C19H14ClFN4O2.C2H6/c1-10(26)14-9-23-5-4-16(14)24-17-7-13(19(27)25-18(17)8-22)12-6-11(20)2-3-15(12)21;1-2/h4-7,9H,2-3H2,1H3,(H,23,24)(H,25,27);1-2H3. The number of nitriles is 1. The van der Waals surface area contributed by atoms with Gasteiger partial charge in [-0.05, 0) is 31.6 Å². The number of pyridine rings is 2. The largest absolute Gasteiger partial charge is 0.353 e. The molecule has 1 aliphatic carbocycles. The molecule has 0 radical (unpaired) electrons. The van der Waals surface area contributed by atoms with Crippen molar-refractivity contribution < 1.29 is 9.18 Å². The Hall–Kier alpha value is -3.24. The zero-order valence-corrected chi connectivity index (χ0v) is 17.0. The number of aromatic nitrogens is 2. The summed E-state index contributed by atoms with van der Waals surface area (Å²) in [6.07, 6.45) is 4.77. The van der Waals surface area contributed by atoms with Gasteiger partial charge >= 0.3 is 0 Å². The number of carbonyl (C=O) groups is 1. The summed E-state index contributed by atoms with van der Waals surface area (Å²) in [7, 11) is 0. The maximum atomic E-state index is 14.3. The molecule has 0 spiro atoms. The molecule has 2 heterocycles. The number of halogens is 2.